The number of nitrogens with zero attached hydrogens (tertiary/aromatic N) is 2. The second-order valence-corrected chi connectivity index (χ2v) is 6.98. The Bertz CT molecular complexity index is 965. The zero-order chi connectivity index (χ0) is 20.1. The molecule has 0 radical (unpaired) electrons. The second-order valence-electron chi connectivity index (χ2n) is 6.98. The fourth-order valence-electron chi connectivity index (χ4n) is 3.39. The predicted molar refractivity (Wildman–Crippen MR) is 116 cm³/mol. The summed E-state index contributed by atoms with van der Waals surface area (Å²) in [7, 11) is 1.57. The van der Waals surface area contributed by atoms with Gasteiger partial charge in [0.1, 0.15) is 11.6 Å². The molecular formula is C23H24N4O2. The van der Waals surface area contributed by atoms with E-state index in [1.54, 1.807) is 43.6 Å². The Morgan fingerprint density at radius 1 is 1.00 bits per heavy atom. The van der Waals surface area contributed by atoms with Crippen LogP contribution in [0.4, 0.5) is 22.9 Å². The van der Waals surface area contributed by atoms with Crippen LogP contribution in [0.5, 0.6) is 5.75 Å². The van der Waals surface area contributed by atoms with E-state index in [1.165, 1.54) is 18.5 Å². The Labute approximate surface area is 170 Å². The fourth-order valence-corrected chi connectivity index (χ4v) is 3.39. The summed E-state index contributed by atoms with van der Waals surface area (Å²) in [4.78, 5) is 19.1. The molecule has 2 aromatic carbocycles. The van der Waals surface area contributed by atoms with Crippen molar-refractivity contribution in [1.82, 2.24) is 4.98 Å². The van der Waals surface area contributed by atoms with Gasteiger partial charge in [-0.15, -0.1) is 0 Å². The Morgan fingerprint density at radius 3 is 2.45 bits per heavy atom. The lowest BCUT2D eigenvalue weighted by Crippen LogP contribution is -2.17. The highest BCUT2D eigenvalue weighted by atomic mass is 16.5. The van der Waals surface area contributed by atoms with Crippen molar-refractivity contribution in [3.8, 4) is 5.75 Å². The van der Waals surface area contributed by atoms with E-state index in [0.29, 0.717) is 17.1 Å². The third-order valence-electron chi connectivity index (χ3n) is 4.96. The highest BCUT2D eigenvalue weighted by molar-refractivity contribution is 6.04. The standard InChI is InChI=1S/C23H24N4O2/c1-29-21-6-4-5-17(15-21)23(28)26-22-12-9-19(16-24-22)25-18-7-10-20(11-8-18)27-13-2-3-14-27/h4-12,15-16,25H,2-3,13-14H2,1H3,(H,24,26,28). The van der Waals surface area contributed by atoms with Crippen LogP contribution in [-0.2, 0) is 0 Å². The molecule has 0 saturated carbocycles. The summed E-state index contributed by atoms with van der Waals surface area (Å²) >= 11 is 0. The molecule has 1 saturated heterocycles. The van der Waals surface area contributed by atoms with Crippen LogP contribution in [0.1, 0.15) is 23.2 Å². The summed E-state index contributed by atoms with van der Waals surface area (Å²) in [5.74, 6) is 0.906. The quantitative estimate of drug-likeness (QED) is 0.641. The maximum Gasteiger partial charge on any atom is 0.256 e. The van der Waals surface area contributed by atoms with Gasteiger partial charge in [-0.1, -0.05) is 6.07 Å². The van der Waals surface area contributed by atoms with Crippen LogP contribution in [0.25, 0.3) is 0 Å². The van der Waals surface area contributed by atoms with E-state index >= 15 is 0 Å². The highest BCUT2D eigenvalue weighted by Crippen LogP contribution is 2.24. The number of ether oxygens (including phenoxy) is 1. The molecule has 1 amide bonds. The van der Waals surface area contributed by atoms with Crippen molar-refractivity contribution in [2.45, 2.75) is 12.8 Å². The van der Waals surface area contributed by atoms with Gasteiger partial charge in [-0.25, -0.2) is 4.98 Å². The van der Waals surface area contributed by atoms with Gasteiger partial charge in [-0.2, -0.15) is 0 Å². The Balaban J connectivity index is 1.36. The molecule has 2 N–H and O–H groups in total. The van der Waals surface area contributed by atoms with Gasteiger partial charge in [-0.05, 0) is 67.4 Å². The third-order valence-corrected chi connectivity index (χ3v) is 4.96. The highest BCUT2D eigenvalue weighted by Gasteiger charge is 2.12. The number of anilines is 4. The van der Waals surface area contributed by atoms with Crippen LogP contribution in [0.3, 0.4) is 0 Å². The Kier molecular flexibility index (Phi) is 5.61. The van der Waals surface area contributed by atoms with Crippen LogP contribution < -0.4 is 20.3 Å². The number of rotatable bonds is 6. The minimum absolute atomic E-state index is 0.227. The van der Waals surface area contributed by atoms with Crippen LogP contribution in [0.15, 0.2) is 66.9 Å². The first-order valence-corrected chi connectivity index (χ1v) is 9.75. The molecule has 0 spiro atoms. The number of nitrogens with one attached hydrogen (secondary N) is 2. The zero-order valence-corrected chi connectivity index (χ0v) is 16.4. The first-order valence-electron chi connectivity index (χ1n) is 9.75. The van der Waals surface area contributed by atoms with Crippen molar-refractivity contribution in [2.75, 3.05) is 35.7 Å². The molecule has 1 fully saturated rings. The molecule has 0 atom stereocenters. The maximum atomic E-state index is 12.4. The minimum atomic E-state index is -0.227. The molecule has 29 heavy (non-hydrogen) atoms. The monoisotopic (exact) mass is 388 g/mol. The molecular weight excluding hydrogens is 364 g/mol. The topological polar surface area (TPSA) is 66.5 Å². The molecule has 6 heteroatoms. The summed E-state index contributed by atoms with van der Waals surface area (Å²) in [6.07, 6.45) is 4.24. The molecule has 0 unspecified atom stereocenters. The van der Waals surface area contributed by atoms with Crippen LogP contribution in [0, 0.1) is 0 Å². The van der Waals surface area contributed by atoms with E-state index in [0.717, 1.165) is 24.5 Å². The van der Waals surface area contributed by atoms with E-state index in [-0.39, 0.29) is 5.91 Å². The summed E-state index contributed by atoms with van der Waals surface area (Å²) < 4.78 is 5.16. The van der Waals surface area contributed by atoms with Gasteiger partial charge in [0.2, 0.25) is 0 Å². The number of carbonyl (C=O) groups is 1. The van der Waals surface area contributed by atoms with E-state index < -0.39 is 0 Å². The molecule has 3 aromatic rings. The molecule has 0 bridgehead atoms. The molecule has 4 rings (SSSR count). The number of pyridine rings is 1. The molecule has 1 aliphatic rings. The largest absolute Gasteiger partial charge is 0.497 e. The van der Waals surface area contributed by atoms with Crippen LogP contribution >= 0.6 is 0 Å². The van der Waals surface area contributed by atoms with Crippen molar-refractivity contribution >= 4 is 28.8 Å². The van der Waals surface area contributed by atoms with Gasteiger partial charge in [0, 0.05) is 30.0 Å². The summed E-state index contributed by atoms with van der Waals surface area (Å²) in [6, 6.07) is 19.1. The third kappa shape index (κ3) is 4.66. The van der Waals surface area contributed by atoms with Crippen molar-refractivity contribution < 1.29 is 9.53 Å². The number of aromatic nitrogens is 1. The number of amides is 1. The van der Waals surface area contributed by atoms with Crippen LogP contribution in [0.2, 0.25) is 0 Å². The predicted octanol–water partition coefficient (Wildman–Crippen LogP) is 4.69. The van der Waals surface area contributed by atoms with Gasteiger partial charge >= 0.3 is 0 Å². The summed E-state index contributed by atoms with van der Waals surface area (Å²) in [6.45, 7) is 2.28. The van der Waals surface area contributed by atoms with E-state index in [1.807, 2.05) is 6.07 Å². The Hall–Kier alpha value is -3.54. The van der Waals surface area contributed by atoms with Crippen molar-refractivity contribution in [3.05, 3.63) is 72.4 Å². The number of hydrogen-bond donors (Lipinski definition) is 2. The first kappa shape index (κ1) is 18.8. The minimum Gasteiger partial charge on any atom is -0.497 e. The van der Waals surface area contributed by atoms with E-state index in [2.05, 4.69) is 44.8 Å². The van der Waals surface area contributed by atoms with Gasteiger partial charge in [0.25, 0.3) is 5.91 Å². The average Bonchev–Trinajstić information content (AvgIpc) is 3.31. The lowest BCUT2D eigenvalue weighted by Gasteiger charge is -2.18. The van der Waals surface area contributed by atoms with Crippen LogP contribution in [-0.4, -0.2) is 31.1 Å². The Morgan fingerprint density at radius 2 is 1.76 bits per heavy atom. The van der Waals surface area contributed by atoms with Crippen molar-refractivity contribution in [1.29, 1.82) is 0 Å². The number of hydrogen-bond acceptors (Lipinski definition) is 5. The molecule has 0 aliphatic carbocycles. The normalized spacial score (nSPS) is 13.2. The van der Waals surface area contributed by atoms with Gasteiger partial charge in [-0.3, -0.25) is 4.79 Å². The van der Waals surface area contributed by atoms with Gasteiger partial charge < -0.3 is 20.3 Å². The maximum absolute atomic E-state index is 12.4. The molecule has 148 valence electrons. The SMILES string of the molecule is COc1cccc(C(=O)Nc2ccc(Nc3ccc(N4CCCC4)cc3)cn2)c1. The lowest BCUT2D eigenvalue weighted by molar-refractivity contribution is 0.102. The molecule has 1 aliphatic heterocycles. The van der Waals surface area contributed by atoms with E-state index in [9.17, 15) is 4.79 Å². The second kappa shape index (κ2) is 8.65. The van der Waals surface area contributed by atoms with E-state index in [4.69, 9.17) is 4.74 Å². The summed E-state index contributed by atoms with van der Waals surface area (Å²) in [5.41, 5.74) is 3.65. The van der Waals surface area contributed by atoms with Crippen molar-refractivity contribution in [2.24, 2.45) is 0 Å². The van der Waals surface area contributed by atoms with Gasteiger partial charge in [0.05, 0.1) is 19.0 Å². The van der Waals surface area contributed by atoms with Gasteiger partial charge in [0.15, 0.2) is 0 Å². The average molecular weight is 388 g/mol. The molecule has 2 heterocycles. The van der Waals surface area contributed by atoms with Crippen molar-refractivity contribution in [3.63, 3.8) is 0 Å². The zero-order valence-electron chi connectivity index (χ0n) is 16.4. The first-order chi connectivity index (χ1) is 14.2. The lowest BCUT2D eigenvalue weighted by atomic mass is 10.2. The number of carbonyl (C=O) groups excluding carboxylic acids is 1. The summed E-state index contributed by atoms with van der Waals surface area (Å²) in [5, 5.41) is 6.14. The number of methoxy groups -OCH3 is 1. The number of benzene rings is 2. The fraction of sp³-hybridized carbons (Fsp3) is 0.217. The smallest absolute Gasteiger partial charge is 0.256 e. The molecule has 6 nitrogen and oxygen atoms in total. The molecule has 1 aromatic heterocycles.